The first-order valence-electron chi connectivity index (χ1n) is 12.7. The van der Waals surface area contributed by atoms with E-state index < -0.39 is 27.6 Å². The zero-order valence-corrected chi connectivity index (χ0v) is 23.1. The first-order chi connectivity index (χ1) is 17.3. The summed E-state index contributed by atoms with van der Waals surface area (Å²) in [6.45, 7) is 9.64. The third-order valence-corrected chi connectivity index (χ3v) is 8.32. The first-order valence-corrected chi connectivity index (χ1v) is 14.6. The zero-order chi connectivity index (χ0) is 27.4. The molecule has 0 saturated carbocycles. The van der Waals surface area contributed by atoms with E-state index in [0.717, 1.165) is 24.1 Å². The Morgan fingerprint density at radius 1 is 1.08 bits per heavy atom. The standard InChI is InChI=1S/C28H38FN3O4S/c1-6-20-7-12-24(29)23(17-20)26(33)31-25(19(2)3)27(34)32-15-13-28(4,14-16-32)18-30-21-8-10-22(11-9-21)37(5,35)36/h7-12,17,19,25,30H,6,13-16,18H2,1-5H3,(H,31,33)/t25-/m1/s1. The Morgan fingerprint density at radius 3 is 2.24 bits per heavy atom. The fourth-order valence-electron chi connectivity index (χ4n) is 4.47. The number of aryl methyl sites for hydroxylation is 1. The summed E-state index contributed by atoms with van der Waals surface area (Å²) >= 11 is 0. The van der Waals surface area contributed by atoms with Gasteiger partial charge in [0.1, 0.15) is 11.9 Å². The molecule has 0 aromatic heterocycles. The van der Waals surface area contributed by atoms with Gasteiger partial charge in [-0.25, -0.2) is 12.8 Å². The average Bonchev–Trinajstić information content (AvgIpc) is 2.86. The van der Waals surface area contributed by atoms with Crippen molar-refractivity contribution >= 4 is 27.3 Å². The fourth-order valence-corrected chi connectivity index (χ4v) is 5.11. The molecule has 1 fully saturated rings. The predicted octanol–water partition coefficient (Wildman–Crippen LogP) is 4.29. The van der Waals surface area contributed by atoms with Crippen LogP contribution in [0.5, 0.6) is 0 Å². The molecule has 1 saturated heterocycles. The maximum absolute atomic E-state index is 14.3. The van der Waals surface area contributed by atoms with E-state index in [9.17, 15) is 22.4 Å². The van der Waals surface area contributed by atoms with Crippen molar-refractivity contribution in [3.8, 4) is 0 Å². The molecule has 0 radical (unpaired) electrons. The van der Waals surface area contributed by atoms with Gasteiger partial charge in [-0.2, -0.15) is 0 Å². The molecule has 0 aliphatic carbocycles. The second-order valence-corrected chi connectivity index (χ2v) is 12.7. The highest BCUT2D eigenvalue weighted by molar-refractivity contribution is 7.90. The van der Waals surface area contributed by atoms with Gasteiger partial charge in [0.2, 0.25) is 5.91 Å². The lowest BCUT2D eigenvalue weighted by molar-refractivity contribution is -0.136. The van der Waals surface area contributed by atoms with Crippen molar-refractivity contribution in [1.82, 2.24) is 10.2 Å². The number of anilines is 1. The molecule has 9 heteroatoms. The Bertz CT molecular complexity index is 1220. The van der Waals surface area contributed by atoms with Gasteiger partial charge in [0.05, 0.1) is 10.5 Å². The number of hydrogen-bond acceptors (Lipinski definition) is 5. The number of hydrogen-bond donors (Lipinski definition) is 2. The van der Waals surface area contributed by atoms with Gasteiger partial charge < -0.3 is 15.5 Å². The van der Waals surface area contributed by atoms with Crippen molar-refractivity contribution < 1.29 is 22.4 Å². The minimum Gasteiger partial charge on any atom is -0.384 e. The number of piperidine rings is 1. The lowest BCUT2D eigenvalue weighted by Crippen LogP contribution is -2.54. The van der Waals surface area contributed by atoms with Crippen molar-refractivity contribution in [3.63, 3.8) is 0 Å². The van der Waals surface area contributed by atoms with Crippen molar-refractivity contribution in [1.29, 1.82) is 0 Å². The van der Waals surface area contributed by atoms with Crippen molar-refractivity contribution in [2.75, 3.05) is 31.2 Å². The van der Waals surface area contributed by atoms with E-state index in [-0.39, 0.29) is 27.7 Å². The summed E-state index contributed by atoms with van der Waals surface area (Å²) in [5.74, 6) is -1.48. The van der Waals surface area contributed by atoms with Crippen LogP contribution in [0, 0.1) is 17.2 Å². The number of rotatable bonds is 9. The smallest absolute Gasteiger partial charge is 0.254 e. The summed E-state index contributed by atoms with van der Waals surface area (Å²) in [5.41, 5.74) is 1.61. The van der Waals surface area contributed by atoms with Crippen LogP contribution in [0.25, 0.3) is 0 Å². The van der Waals surface area contributed by atoms with Crippen LogP contribution in [0.3, 0.4) is 0 Å². The molecule has 0 unspecified atom stereocenters. The van der Waals surface area contributed by atoms with Crippen molar-refractivity contribution in [2.45, 2.75) is 57.9 Å². The van der Waals surface area contributed by atoms with Crippen LogP contribution in [0.4, 0.5) is 10.1 Å². The minimum absolute atomic E-state index is 0.0420. The number of benzene rings is 2. The highest BCUT2D eigenvalue weighted by Gasteiger charge is 2.36. The van der Waals surface area contributed by atoms with Gasteiger partial charge in [0.15, 0.2) is 9.84 Å². The maximum atomic E-state index is 14.3. The van der Waals surface area contributed by atoms with Gasteiger partial charge in [-0.1, -0.05) is 33.8 Å². The molecule has 1 heterocycles. The van der Waals surface area contributed by atoms with Crippen molar-refractivity contribution in [3.05, 3.63) is 59.4 Å². The van der Waals surface area contributed by atoms with Crippen LogP contribution >= 0.6 is 0 Å². The van der Waals surface area contributed by atoms with Gasteiger partial charge >= 0.3 is 0 Å². The van der Waals surface area contributed by atoms with Crippen LogP contribution in [0.15, 0.2) is 47.4 Å². The summed E-state index contributed by atoms with van der Waals surface area (Å²) in [6.07, 6.45) is 3.42. The van der Waals surface area contributed by atoms with Crippen LogP contribution in [-0.4, -0.2) is 57.1 Å². The van der Waals surface area contributed by atoms with E-state index in [1.807, 2.05) is 20.8 Å². The van der Waals surface area contributed by atoms with Crippen molar-refractivity contribution in [2.24, 2.45) is 11.3 Å². The quantitative estimate of drug-likeness (QED) is 0.504. The topological polar surface area (TPSA) is 95.6 Å². The molecular weight excluding hydrogens is 493 g/mol. The Morgan fingerprint density at radius 2 is 1.70 bits per heavy atom. The lowest BCUT2D eigenvalue weighted by atomic mass is 9.80. The molecule has 2 aromatic rings. The number of nitrogens with zero attached hydrogens (tertiary/aromatic N) is 1. The minimum atomic E-state index is -3.23. The monoisotopic (exact) mass is 531 g/mol. The number of nitrogens with one attached hydrogen (secondary N) is 2. The third kappa shape index (κ3) is 7.31. The Hall–Kier alpha value is -2.94. The Kier molecular flexibility index (Phi) is 9.00. The van der Waals surface area contributed by atoms with Crippen LogP contribution in [-0.2, 0) is 21.1 Å². The number of likely N-dealkylation sites (tertiary alicyclic amines) is 1. The molecule has 1 atom stereocenters. The fraction of sp³-hybridized carbons (Fsp3) is 0.500. The normalized spacial score (nSPS) is 16.4. The zero-order valence-electron chi connectivity index (χ0n) is 22.3. The van der Waals surface area contributed by atoms with E-state index >= 15 is 0 Å². The number of sulfone groups is 1. The van der Waals surface area contributed by atoms with E-state index in [2.05, 4.69) is 17.6 Å². The third-order valence-electron chi connectivity index (χ3n) is 7.19. The molecule has 7 nitrogen and oxygen atoms in total. The molecule has 202 valence electrons. The molecule has 2 aromatic carbocycles. The first kappa shape index (κ1) is 28.6. The molecule has 3 rings (SSSR count). The maximum Gasteiger partial charge on any atom is 0.254 e. The van der Waals surface area contributed by atoms with Gasteiger partial charge in [-0.15, -0.1) is 0 Å². The number of amides is 2. The number of halogens is 1. The van der Waals surface area contributed by atoms with E-state index in [1.165, 1.54) is 12.3 Å². The second kappa shape index (κ2) is 11.6. The molecular formula is C28H38FN3O4S. The molecule has 2 amide bonds. The van der Waals surface area contributed by atoms with Crippen LogP contribution < -0.4 is 10.6 Å². The Labute approximate surface area is 219 Å². The summed E-state index contributed by atoms with van der Waals surface area (Å²) < 4.78 is 37.6. The van der Waals surface area contributed by atoms with E-state index in [0.29, 0.717) is 26.1 Å². The Balaban J connectivity index is 1.59. The molecule has 1 aliphatic heterocycles. The summed E-state index contributed by atoms with van der Waals surface area (Å²) in [5, 5.41) is 6.17. The predicted molar refractivity (Wildman–Crippen MR) is 144 cm³/mol. The largest absolute Gasteiger partial charge is 0.384 e. The lowest BCUT2D eigenvalue weighted by Gasteiger charge is -2.41. The van der Waals surface area contributed by atoms with Gasteiger partial charge in [0, 0.05) is 31.6 Å². The molecule has 0 bridgehead atoms. The second-order valence-electron chi connectivity index (χ2n) is 10.6. The number of carbonyl (C=O) groups is 2. The molecule has 0 spiro atoms. The number of carbonyl (C=O) groups excluding carboxylic acids is 2. The highest BCUT2D eigenvalue weighted by atomic mass is 32.2. The molecule has 2 N–H and O–H groups in total. The summed E-state index contributed by atoms with van der Waals surface area (Å²) in [7, 11) is -3.23. The molecule has 37 heavy (non-hydrogen) atoms. The van der Waals surface area contributed by atoms with Gasteiger partial charge in [-0.05, 0) is 72.6 Å². The molecule has 1 aliphatic rings. The summed E-state index contributed by atoms with van der Waals surface area (Å²) in [4.78, 5) is 28.3. The van der Waals surface area contributed by atoms with E-state index in [4.69, 9.17) is 0 Å². The van der Waals surface area contributed by atoms with Crippen LogP contribution in [0.1, 0.15) is 56.5 Å². The van der Waals surface area contributed by atoms with Crippen LogP contribution in [0.2, 0.25) is 0 Å². The highest BCUT2D eigenvalue weighted by Crippen LogP contribution is 2.32. The summed E-state index contributed by atoms with van der Waals surface area (Å²) in [6, 6.07) is 10.4. The van der Waals surface area contributed by atoms with E-state index in [1.54, 1.807) is 41.3 Å². The SMILES string of the molecule is CCc1ccc(F)c(C(=O)N[C@@H](C(=O)N2CCC(C)(CNc3ccc(S(C)(=O)=O)cc3)CC2)C(C)C)c1. The van der Waals surface area contributed by atoms with Gasteiger partial charge in [-0.3, -0.25) is 9.59 Å². The van der Waals surface area contributed by atoms with Gasteiger partial charge in [0.25, 0.3) is 5.91 Å². The average molecular weight is 532 g/mol.